The third-order valence-corrected chi connectivity index (χ3v) is 6.00. The SMILES string of the molecule is CCCCCCCCCCCCCCCCCCCCn1cc[n+](CCC)c1. The highest BCUT2D eigenvalue weighted by atomic mass is 15.1. The van der Waals surface area contributed by atoms with Crippen LogP contribution < -0.4 is 4.57 Å². The molecule has 0 aliphatic rings. The molecule has 0 aromatic carbocycles. The average Bonchev–Trinajstić information content (AvgIpc) is 3.15. The number of unbranched alkanes of at least 4 members (excludes halogenated alkanes) is 17. The highest BCUT2D eigenvalue weighted by molar-refractivity contribution is 4.66. The van der Waals surface area contributed by atoms with Crippen molar-refractivity contribution in [2.75, 3.05) is 0 Å². The number of imidazole rings is 1. The first-order valence-electron chi connectivity index (χ1n) is 12.9. The molecule has 0 amide bonds. The lowest BCUT2D eigenvalue weighted by Crippen LogP contribution is -2.30. The van der Waals surface area contributed by atoms with Crippen LogP contribution in [0.4, 0.5) is 0 Å². The fourth-order valence-corrected chi connectivity index (χ4v) is 4.16. The molecule has 164 valence electrons. The average molecular weight is 392 g/mol. The second-order valence-corrected chi connectivity index (χ2v) is 8.90. The Hall–Kier alpha value is -0.790. The molecule has 0 aliphatic carbocycles. The minimum atomic E-state index is 1.14. The van der Waals surface area contributed by atoms with Gasteiger partial charge in [0, 0.05) is 0 Å². The van der Waals surface area contributed by atoms with Crippen LogP contribution in [-0.2, 0) is 13.1 Å². The predicted octanol–water partition coefficient (Wildman–Crippen LogP) is 8.23. The summed E-state index contributed by atoms with van der Waals surface area (Å²) < 4.78 is 4.65. The van der Waals surface area contributed by atoms with Gasteiger partial charge in [0.05, 0.1) is 13.1 Å². The van der Waals surface area contributed by atoms with Crippen molar-refractivity contribution in [1.29, 1.82) is 0 Å². The third kappa shape index (κ3) is 15.2. The van der Waals surface area contributed by atoms with Crippen molar-refractivity contribution in [3.8, 4) is 0 Å². The van der Waals surface area contributed by atoms with Gasteiger partial charge in [0.1, 0.15) is 12.4 Å². The molecule has 1 aromatic heterocycles. The normalized spacial score (nSPS) is 11.4. The molecule has 1 heterocycles. The van der Waals surface area contributed by atoms with Crippen molar-refractivity contribution < 1.29 is 4.57 Å². The number of aromatic nitrogens is 2. The van der Waals surface area contributed by atoms with Crippen LogP contribution in [0, 0.1) is 0 Å². The fourth-order valence-electron chi connectivity index (χ4n) is 4.16. The van der Waals surface area contributed by atoms with E-state index in [0.717, 1.165) is 6.54 Å². The van der Waals surface area contributed by atoms with E-state index in [1.54, 1.807) is 0 Å². The lowest BCUT2D eigenvalue weighted by molar-refractivity contribution is -0.696. The summed E-state index contributed by atoms with van der Waals surface area (Å²) in [5.74, 6) is 0. The molecule has 0 saturated heterocycles. The van der Waals surface area contributed by atoms with E-state index < -0.39 is 0 Å². The van der Waals surface area contributed by atoms with Crippen LogP contribution in [0.3, 0.4) is 0 Å². The van der Waals surface area contributed by atoms with Gasteiger partial charge in [-0.1, -0.05) is 117 Å². The van der Waals surface area contributed by atoms with Crippen LogP contribution in [-0.4, -0.2) is 4.57 Å². The van der Waals surface area contributed by atoms with Gasteiger partial charge in [-0.25, -0.2) is 9.13 Å². The molecule has 0 atom stereocenters. The molecule has 0 N–H and O–H groups in total. The summed E-state index contributed by atoms with van der Waals surface area (Å²) in [6.45, 7) is 6.87. The molecule has 2 heteroatoms. The molecule has 1 rings (SSSR count). The highest BCUT2D eigenvalue weighted by Gasteiger charge is 2.02. The number of hydrogen-bond acceptors (Lipinski definition) is 0. The Morgan fingerprint density at radius 2 is 0.964 bits per heavy atom. The molecular weight excluding hydrogens is 340 g/mol. The molecular formula is C26H51N2+. The Kier molecular flexibility index (Phi) is 17.6. The van der Waals surface area contributed by atoms with Crippen LogP contribution in [0.2, 0.25) is 0 Å². The second kappa shape index (κ2) is 19.5. The minimum Gasteiger partial charge on any atom is -0.237 e. The standard InChI is InChI=1S/C26H51N2/c1-3-5-6-7-8-9-10-11-12-13-14-15-16-17-18-19-20-21-23-28-25-24-27(26-28)22-4-2/h24-26H,3-23H2,1-2H3/q+1. The van der Waals surface area contributed by atoms with Gasteiger partial charge in [0.25, 0.3) is 0 Å². The van der Waals surface area contributed by atoms with Crippen LogP contribution in [0.1, 0.15) is 136 Å². The van der Waals surface area contributed by atoms with E-state index >= 15 is 0 Å². The summed E-state index contributed by atoms with van der Waals surface area (Å²) in [7, 11) is 0. The number of rotatable bonds is 21. The Morgan fingerprint density at radius 1 is 0.536 bits per heavy atom. The molecule has 0 radical (unpaired) electrons. The van der Waals surface area contributed by atoms with Crippen LogP contribution in [0.15, 0.2) is 18.7 Å². The van der Waals surface area contributed by atoms with Crippen LogP contribution >= 0.6 is 0 Å². The zero-order valence-corrected chi connectivity index (χ0v) is 19.5. The first-order chi connectivity index (χ1) is 13.9. The summed E-state index contributed by atoms with van der Waals surface area (Å²) in [5.41, 5.74) is 0. The van der Waals surface area contributed by atoms with E-state index in [0.29, 0.717) is 0 Å². The highest BCUT2D eigenvalue weighted by Crippen LogP contribution is 2.14. The fraction of sp³-hybridized carbons (Fsp3) is 0.885. The van der Waals surface area contributed by atoms with Crippen LogP contribution in [0.5, 0.6) is 0 Å². The van der Waals surface area contributed by atoms with Gasteiger partial charge in [0.15, 0.2) is 0 Å². The van der Waals surface area contributed by atoms with Gasteiger partial charge in [-0.2, -0.15) is 0 Å². The predicted molar refractivity (Wildman–Crippen MR) is 124 cm³/mol. The van der Waals surface area contributed by atoms with Gasteiger partial charge in [0.2, 0.25) is 6.33 Å². The number of nitrogens with zero attached hydrogens (tertiary/aromatic N) is 2. The summed E-state index contributed by atoms with van der Waals surface area (Å²) in [4.78, 5) is 0. The van der Waals surface area contributed by atoms with Crippen molar-refractivity contribution in [2.45, 2.75) is 149 Å². The zero-order chi connectivity index (χ0) is 20.1. The molecule has 28 heavy (non-hydrogen) atoms. The minimum absolute atomic E-state index is 1.14. The van der Waals surface area contributed by atoms with Crippen molar-refractivity contribution in [1.82, 2.24) is 4.57 Å². The first-order valence-corrected chi connectivity index (χ1v) is 12.9. The monoisotopic (exact) mass is 391 g/mol. The van der Waals surface area contributed by atoms with Gasteiger partial charge < -0.3 is 0 Å². The molecule has 0 saturated carbocycles. The summed E-state index contributed by atoms with van der Waals surface area (Å²) in [6, 6.07) is 0. The van der Waals surface area contributed by atoms with E-state index in [2.05, 4.69) is 41.7 Å². The maximum Gasteiger partial charge on any atom is 0.243 e. The molecule has 0 fully saturated rings. The maximum absolute atomic E-state index is 2.35. The van der Waals surface area contributed by atoms with Crippen LogP contribution in [0.25, 0.3) is 0 Å². The van der Waals surface area contributed by atoms with E-state index in [9.17, 15) is 0 Å². The van der Waals surface area contributed by atoms with Crippen molar-refractivity contribution in [2.24, 2.45) is 0 Å². The molecule has 0 bridgehead atoms. The lowest BCUT2D eigenvalue weighted by Gasteiger charge is -2.03. The van der Waals surface area contributed by atoms with Gasteiger partial charge >= 0.3 is 0 Å². The second-order valence-electron chi connectivity index (χ2n) is 8.90. The van der Waals surface area contributed by atoms with E-state index in [1.165, 1.54) is 129 Å². The van der Waals surface area contributed by atoms with E-state index in [-0.39, 0.29) is 0 Å². The molecule has 0 unspecified atom stereocenters. The Bertz CT molecular complexity index is 424. The van der Waals surface area contributed by atoms with E-state index in [1.807, 2.05) is 0 Å². The third-order valence-electron chi connectivity index (χ3n) is 6.00. The Labute approximate surface area is 177 Å². The van der Waals surface area contributed by atoms with Gasteiger partial charge in [-0.3, -0.25) is 0 Å². The summed E-state index contributed by atoms with van der Waals surface area (Å²) in [6.07, 6.45) is 34.0. The molecule has 0 aliphatic heterocycles. The smallest absolute Gasteiger partial charge is 0.237 e. The largest absolute Gasteiger partial charge is 0.243 e. The van der Waals surface area contributed by atoms with Crippen molar-refractivity contribution in [3.05, 3.63) is 18.7 Å². The Morgan fingerprint density at radius 3 is 1.39 bits per heavy atom. The molecule has 1 aromatic rings. The van der Waals surface area contributed by atoms with Crippen molar-refractivity contribution in [3.63, 3.8) is 0 Å². The van der Waals surface area contributed by atoms with Gasteiger partial charge in [-0.05, 0) is 19.3 Å². The first kappa shape index (κ1) is 25.2. The molecule has 0 spiro atoms. The van der Waals surface area contributed by atoms with Gasteiger partial charge in [-0.15, -0.1) is 0 Å². The topological polar surface area (TPSA) is 8.81 Å². The number of hydrogen-bond donors (Lipinski definition) is 0. The summed E-state index contributed by atoms with van der Waals surface area (Å²) >= 11 is 0. The zero-order valence-electron chi connectivity index (χ0n) is 19.5. The quantitative estimate of drug-likeness (QED) is 0.147. The van der Waals surface area contributed by atoms with Crippen molar-refractivity contribution >= 4 is 0 Å². The molecule has 2 nitrogen and oxygen atoms in total. The van der Waals surface area contributed by atoms with E-state index in [4.69, 9.17) is 0 Å². The number of aryl methyl sites for hydroxylation is 2. The maximum atomic E-state index is 2.35. The summed E-state index contributed by atoms with van der Waals surface area (Å²) in [5, 5.41) is 0. The Balaban J connectivity index is 1.73. The lowest BCUT2D eigenvalue weighted by atomic mass is 10.0.